The maximum Gasteiger partial charge on any atom is 0.434 e. The summed E-state index contributed by atoms with van der Waals surface area (Å²) in [5.41, 5.74) is 5.71. The molecular formula is C11H9F3N2S. The second kappa shape index (κ2) is 4.46. The second-order valence-corrected chi connectivity index (χ2v) is 4.35. The van der Waals surface area contributed by atoms with Crippen LogP contribution in [0, 0.1) is 0 Å². The van der Waals surface area contributed by atoms with Crippen LogP contribution >= 0.6 is 11.3 Å². The minimum atomic E-state index is -4.41. The minimum Gasteiger partial charge on any atom is -0.318 e. The van der Waals surface area contributed by atoms with Gasteiger partial charge in [-0.2, -0.15) is 13.2 Å². The van der Waals surface area contributed by atoms with Gasteiger partial charge in [-0.1, -0.05) is 30.3 Å². The number of rotatable bonds is 2. The number of thiazole rings is 1. The highest BCUT2D eigenvalue weighted by Crippen LogP contribution is 2.32. The number of hydrogen-bond donors (Lipinski definition) is 1. The molecule has 90 valence electrons. The zero-order valence-electron chi connectivity index (χ0n) is 8.61. The van der Waals surface area contributed by atoms with Crippen molar-refractivity contribution in [3.63, 3.8) is 0 Å². The largest absolute Gasteiger partial charge is 0.434 e. The third kappa shape index (κ3) is 2.65. The Balaban J connectivity index is 2.27. The molecule has 1 aromatic carbocycles. The van der Waals surface area contributed by atoms with Gasteiger partial charge in [-0.3, -0.25) is 0 Å². The van der Waals surface area contributed by atoms with Gasteiger partial charge >= 0.3 is 6.18 Å². The second-order valence-electron chi connectivity index (χ2n) is 3.46. The highest BCUT2D eigenvalue weighted by atomic mass is 32.1. The fraction of sp³-hybridized carbons (Fsp3) is 0.182. The Labute approximate surface area is 99.9 Å². The van der Waals surface area contributed by atoms with Crippen molar-refractivity contribution in [3.05, 3.63) is 52.0 Å². The van der Waals surface area contributed by atoms with Crippen LogP contribution in [0.2, 0.25) is 0 Å². The highest BCUT2D eigenvalue weighted by Gasteiger charge is 2.34. The third-order valence-corrected chi connectivity index (χ3v) is 3.16. The first-order valence-electron chi connectivity index (χ1n) is 4.81. The van der Waals surface area contributed by atoms with E-state index in [1.54, 1.807) is 24.3 Å². The van der Waals surface area contributed by atoms with Crippen molar-refractivity contribution in [3.8, 4) is 0 Å². The van der Waals surface area contributed by atoms with Gasteiger partial charge in [-0.05, 0) is 5.56 Å². The van der Waals surface area contributed by atoms with Crippen molar-refractivity contribution >= 4 is 11.3 Å². The van der Waals surface area contributed by atoms with Crippen LogP contribution in [0.4, 0.5) is 13.2 Å². The summed E-state index contributed by atoms with van der Waals surface area (Å²) in [6.07, 6.45) is -4.41. The van der Waals surface area contributed by atoms with E-state index in [1.165, 1.54) is 0 Å². The molecule has 6 heteroatoms. The number of aromatic nitrogens is 1. The summed E-state index contributed by atoms with van der Waals surface area (Å²) in [6, 6.07) is 8.30. The molecule has 0 aliphatic heterocycles. The molecule has 2 nitrogen and oxygen atoms in total. The molecule has 17 heavy (non-hydrogen) atoms. The van der Waals surface area contributed by atoms with Crippen LogP contribution in [0.3, 0.4) is 0 Å². The summed E-state index contributed by atoms with van der Waals surface area (Å²) in [4.78, 5) is 3.53. The molecule has 0 amide bonds. The molecule has 2 N–H and O–H groups in total. The van der Waals surface area contributed by atoms with Crippen molar-refractivity contribution in [2.75, 3.05) is 0 Å². The smallest absolute Gasteiger partial charge is 0.318 e. The molecule has 0 saturated heterocycles. The number of nitrogens with zero attached hydrogens (tertiary/aromatic N) is 1. The van der Waals surface area contributed by atoms with Crippen LogP contribution in [0.1, 0.15) is 22.3 Å². The summed E-state index contributed by atoms with van der Waals surface area (Å²) >= 11 is 0.923. The average molecular weight is 258 g/mol. The lowest BCUT2D eigenvalue weighted by atomic mass is 10.1. The van der Waals surface area contributed by atoms with Crippen molar-refractivity contribution in [1.29, 1.82) is 0 Å². The summed E-state index contributed by atoms with van der Waals surface area (Å²) in [5, 5.41) is 1.25. The standard InChI is InChI=1S/C11H9F3N2S/c12-11(13,14)8-6-17-10(16-8)9(15)7-4-2-1-3-5-7/h1-6,9H,15H2. The van der Waals surface area contributed by atoms with Crippen LogP contribution in [0.25, 0.3) is 0 Å². The Bertz CT molecular complexity index is 493. The summed E-state index contributed by atoms with van der Waals surface area (Å²) in [6.45, 7) is 0. The fourth-order valence-corrected chi connectivity index (χ4v) is 2.22. The Hall–Kier alpha value is -1.40. The maximum atomic E-state index is 12.4. The van der Waals surface area contributed by atoms with Crippen molar-refractivity contribution in [2.24, 2.45) is 5.73 Å². The number of hydrogen-bond acceptors (Lipinski definition) is 3. The number of halogens is 3. The lowest BCUT2D eigenvalue weighted by Crippen LogP contribution is -2.12. The Morgan fingerprint density at radius 2 is 1.82 bits per heavy atom. The summed E-state index contributed by atoms with van der Waals surface area (Å²) < 4.78 is 37.1. The predicted octanol–water partition coefficient (Wildman–Crippen LogP) is 3.21. The molecule has 2 aromatic rings. The summed E-state index contributed by atoms with van der Waals surface area (Å²) in [7, 11) is 0. The molecule has 0 radical (unpaired) electrons. The SMILES string of the molecule is NC(c1ccccc1)c1nc(C(F)(F)F)cs1. The molecule has 1 atom stereocenters. The van der Waals surface area contributed by atoms with E-state index < -0.39 is 17.9 Å². The van der Waals surface area contributed by atoms with E-state index in [4.69, 9.17) is 5.73 Å². The van der Waals surface area contributed by atoms with E-state index in [9.17, 15) is 13.2 Å². The molecule has 0 saturated carbocycles. The van der Waals surface area contributed by atoms with Gasteiger partial charge < -0.3 is 5.73 Å². The molecule has 0 aliphatic rings. The van der Waals surface area contributed by atoms with E-state index in [0.29, 0.717) is 0 Å². The Morgan fingerprint density at radius 3 is 2.35 bits per heavy atom. The lowest BCUT2D eigenvalue weighted by Gasteiger charge is -2.08. The first-order valence-corrected chi connectivity index (χ1v) is 5.69. The van der Waals surface area contributed by atoms with Crippen molar-refractivity contribution in [2.45, 2.75) is 12.2 Å². The van der Waals surface area contributed by atoms with Crippen LogP contribution < -0.4 is 5.73 Å². The predicted molar refractivity (Wildman–Crippen MR) is 59.6 cm³/mol. The van der Waals surface area contributed by atoms with E-state index in [1.807, 2.05) is 6.07 Å². The molecule has 1 unspecified atom stereocenters. The Kier molecular flexibility index (Phi) is 3.17. The lowest BCUT2D eigenvalue weighted by molar-refractivity contribution is -0.140. The van der Waals surface area contributed by atoms with E-state index in [-0.39, 0.29) is 5.01 Å². The first-order chi connectivity index (χ1) is 7.98. The third-order valence-electron chi connectivity index (χ3n) is 2.24. The van der Waals surface area contributed by atoms with Gasteiger partial charge in [0.1, 0.15) is 5.01 Å². The Morgan fingerprint density at radius 1 is 1.18 bits per heavy atom. The quantitative estimate of drug-likeness (QED) is 0.898. The van der Waals surface area contributed by atoms with Crippen molar-refractivity contribution in [1.82, 2.24) is 4.98 Å². The fourth-order valence-electron chi connectivity index (χ4n) is 1.36. The van der Waals surface area contributed by atoms with Crippen LogP contribution in [-0.4, -0.2) is 4.98 Å². The molecular weight excluding hydrogens is 249 g/mol. The van der Waals surface area contributed by atoms with Gasteiger partial charge in [0.25, 0.3) is 0 Å². The molecule has 0 bridgehead atoms. The van der Waals surface area contributed by atoms with Gasteiger partial charge in [-0.15, -0.1) is 11.3 Å². The normalized spacial score (nSPS) is 13.6. The molecule has 1 heterocycles. The van der Waals surface area contributed by atoms with E-state index in [0.717, 1.165) is 22.3 Å². The molecule has 1 aromatic heterocycles. The van der Waals surface area contributed by atoms with Gasteiger partial charge in [0.15, 0.2) is 5.69 Å². The van der Waals surface area contributed by atoms with Gasteiger partial charge in [0.2, 0.25) is 0 Å². The van der Waals surface area contributed by atoms with E-state index >= 15 is 0 Å². The molecule has 0 fully saturated rings. The monoisotopic (exact) mass is 258 g/mol. The molecule has 0 aliphatic carbocycles. The number of alkyl halides is 3. The first kappa shape index (κ1) is 12.1. The number of benzene rings is 1. The van der Waals surface area contributed by atoms with Crippen LogP contribution in [-0.2, 0) is 6.18 Å². The molecule has 2 rings (SSSR count). The van der Waals surface area contributed by atoms with E-state index in [2.05, 4.69) is 4.98 Å². The maximum absolute atomic E-state index is 12.4. The average Bonchev–Trinajstić information content (AvgIpc) is 2.78. The van der Waals surface area contributed by atoms with Crippen LogP contribution in [0.5, 0.6) is 0 Å². The van der Waals surface area contributed by atoms with Gasteiger partial charge in [0, 0.05) is 5.38 Å². The van der Waals surface area contributed by atoms with Gasteiger partial charge in [-0.25, -0.2) is 4.98 Å². The highest BCUT2D eigenvalue weighted by molar-refractivity contribution is 7.09. The minimum absolute atomic E-state index is 0.267. The topological polar surface area (TPSA) is 38.9 Å². The zero-order valence-corrected chi connectivity index (χ0v) is 9.42. The number of nitrogens with two attached hydrogens (primary N) is 1. The van der Waals surface area contributed by atoms with Crippen molar-refractivity contribution < 1.29 is 13.2 Å². The zero-order chi connectivity index (χ0) is 12.5. The summed E-state index contributed by atoms with van der Waals surface area (Å²) in [5.74, 6) is 0. The van der Waals surface area contributed by atoms with Gasteiger partial charge in [0.05, 0.1) is 6.04 Å². The van der Waals surface area contributed by atoms with Crippen LogP contribution in [0.15, 0.2) is 35.7 Å². The molecule has 0 spiro atoms.